The van der Waals surface area contributed by atoms with Gasteiger partial charge in [0.1, 0.15) is 0 Å². The van der Waals surface area contributed by atoms with E-state index in [1.807, 2.05) is 24.3 Å². The second-order valence-corrected chi connectivity index (χ2v) is 2.36. The maximum Gasteiger partial charge on any atom is 0.0562 e. The van der Waals surface area contributed by atoms with E-state index in [4.69, 9.17) is 0 Å². The molecule has 0 aliphatic carbocycles. The predicted molar refractivity (Wildman–Crippen MR) is 50.0 cm³/mol. The van der Waals surface area contributed by atoms with Gasteiger partial charge in [0.05, 0.1) is 12.4 Å². The summed E-state index contributed by atoms with van der Waals surface area (Å²) in [4.78, 5) is 0. The van der Waals surface area contributed by atoms with Crippen molar-refractivity contribution in [2.45, 2.75) is 0 Å². The highest BCUT2D eigenvalue weighted by Gasteiger charge is 1.67. The SMILES string of the molecule is C=c1ccccc(=C)cnnc1. The van der Waals surface area contributed by atoms with E-state index in [0.717, 1.165) is 10.4 Å². The minimum absolute atomic E-state index is 0.823. The van der Waals surface area contributed by atoms with Crippen molar-refractivity contribution < 1.29 is 0 Å². The lowest BCUT2D eigenvalue weighted by molar-refractivity contribution is 1.03. The minimum Gasteiger partial charge on any atom is -0.159 e. The summed E-state index contributed by atoms with van der Waals surface area (Å²) in [5.74, 6) is 0. The highest BCUT2D eigenvalue weighted by atomic mass is 15.1. The second-order valence-electron chi connectivity index (χ2n) is 2.36. The highest BCUT2D eigenvalue weighted by Crippen LogP contribution is 1.65. The molecule has 0 unspecified atom stereocenters. The summed E-state index contributed by atoms with van der Waals surface area (Å²) in [6.45, 7) is 7.48. The Morgan fingerprint density at radius 1 is 0.833 bits per heavy atom. The molecule has 0 spiro atoms. The molecule has 1 aromatic heterocycles. The molecule has 0 aromatic carbocycles. The van der Waals surface area contributed by atoms with Crippen LogP contribution in [0, 0.1) is 0 Å². The van der Waals surface area contributed by atoms with E-state index in [-0.39, 0.29) is 0 Å². The minimum atomic E-state index is 0.823. The van der Waals surface area contributed by atoms with Gasteiger partial charge in [-0.15, -0.1) is 0 Å². The van der Waals surface area contributed by atoms with Gasteiger partial charge >= 0.3 is 0 Å². The van der Waals surface area contributed by atoms with E-state index in [1.165, 1.54) is 0 Å². The quantitative estimate of drug-likeness (QED) is 0.547. The normalized spacial score (nSPS) is 8.67. The van der Waals surface area contributed by atoms with Crippen molar-refractivity contribution in [1.29, 1.82) is 0 Å². The van der Waals surface area contributed by atoms with Crippen LogP contribution < -0.4 is 10.4 Å². The highest BCUT2D eigenvalue weighted by molar-refractivity contribution is 5.04. The van der Waals surface area contributed by atoms with Crippen LogP contribution in [-0.2, 0) is 0 Å². The van der Waals surface area contributed by atoms with Crippen LogP contribution in [0.1, 0.15) is 0 Å². The van der Waals surface area contributed by atoms with Crippen LogP contribution in [0.2, 0.25) is 0 Å². The van der Waals surface area contributed by atoms with Crippen LogP contribution in [0.15, 0.2) is 36.7 Å². The van der Waals surface area contributed by atoms with E-state index in [1.54, 1.807) is 12.4 Å². The Morgan fingerprint density at radius 2 is 1.25 bits per heavy atom. The lowest BCUT2D eigenvalue weighted by Crippen LogP contribution is -1.96. The molecule has 0 aliphatic rings. The van der Waals surface area contributed by atoms with Crippen molar-refractivity contribution in [1.82, 2.24) is 10.2 Å². The molecule has 0 N–H and O–H groups in total. The molecule has 0 fully saturated rings. The first-order valence-corrected chi connectivity index (χ1v) is 3.58. The van der Waals surface area contributed by atoms with Gasteiger partial charge < -0.3 is 0 Å². The first kappa shape index (κ1) is 8.40. The van der Waals surface area contributed by atoms with Gasteiger partial charge in [0.2, 0.25) is 0 Å². The van der Waals surface area contributed by atoms with Crippen LogP contribution in [0.5, 0.6) is 0 Å². The first-order valence-electron chi connectivity index (χ1n) is 3.58. The number of aromatic nitrogens is 2. The largest absolute Gasteiger partial charge is 0.159 e. The number of rotatable bonds is 0. The van der Waals surface area contributed by atoms with Crippen molar-refractivity contribution in [2.24, 2.45) is 0 Å². The molecule has 2 heteroatoms. The zero-order valence-electron chi connectivity index (χ0n) is 6.77. The number of nitrogens with zero attached hydrogens (tertiary/aromatic N) is 2. The fourth-order valence-electron chi connectivity index (χ4n) is 0.659. The van der Waals surface area contributed by atoms with Crippen LogP contribution in [-0.4, -0.2) is 10.2 Å². The fourth-order valence-corrected chi connectivity index (χ4v) is 0.659. The molecule has 1 aromatic rings. The topological polar surface area (TPSA) is 25.8 Å². The van der Waals surface area contributed by atoms with Gasteiger partial charge in [-0.3, -0.25) is 0 Å². The number of hydrogen-bond acceptors (Lipinski definition) is 2. The Hall–Kier alpha value is -1.70. The number of hydrogen-bond donors (Lipinski definition) is 0. The van der Waals surface area contributed by atoms with Crippen molar-refractivity contribution in [3.63, 3.8) is 0 Å². The van der Waals surface area contributed by atoms with Gasteiger partial charge in [0, 0.05) is 0 Å². The smallest absolute Gasteiger partial charge is 0.0562 e. The molecule has 0 saturated carbocycles. The van der Waals surface area contributed by atoms with Crippen LogP contribution in [0.3, 0.4) is 0 Å². The summed E-state index contributed by atoms with van der Waals surface area (Å²) in [6, 6.07) is 7.49. The van der Waals surface area contributed by atoms with Crippen molar-refractivity contribution in [3.8, 4) is 0 Å². The summed E-state index contributed by atoms with van der Waals surface area (Å²) >= 11 is 0. The van der Waals surface area contributed by atoms with Gasteiger partial charge in [0.25, 0.3) is 0 Å². The van der Waals surface area contributed by atoms with Gasteiger partial charge in [-0.25, -0.2) is 0 Å². The standard InChI is InChI=1S/C10H10N2/c1-9-5-3-4-6-10(2)8-12-11-7-9/h3-8H,1-2H2. The van der Waals surface area contributed by atoms with E-state index in [9.17, 15) is 0 Å². The third-order valence-electron chi connectivity index (χ3n) is 1.25. The monoisotopic (exact) mass is 158 g/mol. The van der Waals surface area contributed by atoms with Gasteiger partial charge in [-0.05, 0) is 10.4 Å². The van der Waals surface area contributed by atoms with Crippen LogP contribution in [0.25, 0.3) is 13.2 Å². The van der Waals surface area contributed by atoms with E-state index >= 15 is 0 Å². The summed E-state index contributed by atoms with van der Waals surface area (Å²) in [5, 5.41) is 9.17. The maximum absolute atomic E-state index is 3.76. The summed E-state index contributed by atoms with van der Waals surface area (Å²) in [7, 11) is 0. The Bertz CT molecular complexity index is 324. The lowest BCUT2D eigenvalue weighted by atomic mass is 10.4. The molecule has 0 radical (unpaired) electrons. The van der Waals surface area contributed by atoms with E-state index in [2.05, 4.69) is 23.4 Å². The molecule has 0 atom stereocenters. The molecule has 60 valence electrons. The molecule has 0 aliphatic heterocycles. The molecule has 0 saturated heterocycles. The van der Waals surface area contributed by atoms with Crippen molar-refractivity contribution in [2.75, 3.05) is 0 Å². The van der Waals surface area contributed by atoms with Gasteiger partial charge in [0.15, 0.2) is 0 Å². The summed E-state index contributed by atoms with van der Waals surface area (Å²) in [5.41, 5.74) is 0. The van der Waals surface area contributed by atoms with E-state index < -0.39 is 0 Å². The fraction of sp³-hybridized carbons (Fsp3) is 0. The first-order chi connectivity index (χ1) is 5.79. The average molecular weight is 158 g/mol. The molecule has 2 nitrogen and oxygen atoms in total. The maximum atomic E-state index is 3.76. The molecule has 0 bridgehead atoms. The average Bonchev–Trinajstić information content (AvgIpc) is 2.06. The van der Waals surface area contributed by atoms with Crippen LogP contribution >= 0.6 is 0 Å². The molecule has 12 heavy (non-hydrogen) atoms. The molecule has 1 rings (SSSR count). The van der Waals surface area contributed by atoms with E-state index in [0.29, 0.717) is 0 Å². The Kier molecular flexibility index (Phi) is 2.96. The summed E-state index contributed by atoms with van der Waals surface area (Å²) in [6.07, 6.45) is 3.19. The Labute approximate surface area is 71.2 Å². The zero-order chi connectivity index (χ0) is 8.81. The molecule has 0 amide bonds. The lowest BCUT2D eigenvalue weighted by Gasteiger charge is -1.75. The molecule has 1 heterocycles. The Morgan fingerprint density at radius 3 is 1.67 bits per heavy atom. The third kappa shape index (κ3) is 2.92. The Balaban J connectivity index is 3.37. The molecular formula is C10H10N2. The predicted octanol–water partition coefficient (Wildman–Crippen LogP) is 0.422. The van der Waals surface area contributed by atoms with Gasteiger partial charge in [-0.1, -0.05) is 37.4 Å². The second kappa shape index (κ2) is 4.23. The van der Waals surface area contributed by atoms with Crippen LogP contribution in [0.4, 0.5) is 0 Å². The summed E-state index contributed by atoms with van der Waals surface area (Å²) < 4.78 is 0. The van der Waals surface area contributed by atoms with Crippen molar-refractivity contribution >= 4 is 13.2 Å². The van der Waals surface area contributed by atoms with Crippen molar-refractivity contribution in [3.05, 3.63) is 47.1 Å². The third-order valence-corrected chi connectivity index (χ3v) is 1.25. The van der Waals surface area contributed by atoms with Gasteiger partial charge in [-0.2, -0.15) is 10.2 Å². The zero-order valence-corrected chi connectivity index (χ0v) is 6.77. The molecular weight excluding hydrogens is 148 g/mol.